The lowest BCUT2D eigenvalue weighted by atomic mass is 10.2. The fourth-order valence-electron chi connectivity index (χ4n) is 0.892. The molecule has 4 nitrogen and oxygen atoms in total. The van der Waals surface area contributed by atoms with Gasteiger partial charge >= 0.3 is 0 Å². The normalized spacial score (nSPS) is 12.6. The molecule has 0 spiro atoms. The molecule has 1 aromatic rings. The van der Waals surface area contributed by atoms with Crippen LogP contribution in [0, 0.1) is 0 Å². The Bertz CT molecular complexity index is 254. The molecule has 0 saturated heterocycles. The number of carbonyl (C=O) groups excluding carboxylic acids is 1. The Morgan fingerprint density at radius 1 is 1.67 bits per heavy atom. The van der Waals surface area contributed by atoms with E-state index in [1.807, 2.05) is 0 Å². The maximum absolute atomic E-state index is 11.2. The average molecular weight is 168 g/mol. The molecule has 0 radical (unpaired) electrons. The summed E-state index contributed by atoms with van der Waals surface area (Å²) in [5.74, 6) is -0.322. The second-order valence-corrected chi connectivity index (χ2v) is 2.76. The van der Waals surface area contributed by atoms with E-state index in [1.54, 1.807) is 32.4 Å². The molecule has 0 saturated carbocycles. The summed E-state index contributed by atoms with van der Waals surface area (Å²) in [7, 11) is 3.21. The number of hydrogen-bond acceptors (Lipinski definition) is 2. The third-order valence-electron chi connectivity index (χ3n) is 1.59. The molecule has 0 aliphatic rings. The van der Waals surface area contributed by atoms with Crippen LogP contribution in [-0.4, -0.2) is 35.0 Å². The zero-order chi connectivity index (χ0) is 9.14. The van der Waals surface area contributed by atoms with Crippen molar-refractivity contribution in [3.63, 3.8) is 0 Å². The molecule has 1 amide bonds. The minimum Gasteiger partial charge on any atom is -0.377 e. The quantitative estimate of drug-likeness (QED) is 0.659. The third kappa shape index (κ3) is 1.65. The minimum absolute atomic E-state index is 0.322. The van der Waals surface area contributed by atoms with Crippen molar-refractivity contribution in [1.29, 1.82) is 0 Å². The molecule has 1 heterocycles. The number of rotatable bonds is 2. The van der Waals surface area contributed by atoms with E-state index < -0.39 is 6.10 Å². The lowest BCUT2D eigenvalue weighted by Gasteiger charge is -2.14. The number of nitrogens with zero attached hydrogens (tertiary/aromatic N) is 1. The molecule has 12 heavy (non-hydrogen) atoms. The van der Waals surface area contributed by atoms with Gasteiger partial charge in [-0.1, -0.05) is 0 Å². The average Bonchev–Trinajstić information content (AvgIpc) is 2.53. The predicted octanol–water partition coefficient (Wildman–Crippen LogP) is 0.136. The van der Waals surface area contributed by atoms with E-state index in [0.29, 0.717) is 5.69 Å². The molecule has 0 bridgehead atoms. The van der Waals surface area contributed by atoms with Gasteiger partial charge in [-0.05, 0) is 12.1 Å². The summed E-state index contributed by atoms with van der Waals surface area (Å²) in [6.07, 6.45) is 0.594. The number of carbonyl (C=O) groups is 1. The molecular weight excluding hydrogens is 156 g/mol. The first kappa shape index (κ1) is 8.80. The molecule has 0 aliphatic heterocycles. The smallest absolute Gasteiger partial charge is 0.257 e. The predicted molar refractivity (Wildman–Crippen MR) is 44.4 cm³/mol. The van der Waals surface area contributed by atoms with Crippen LogP contribution >= 0.6 is 0 Å². The molecule has 66 valence electrons. The summed E-state index contributed by atoms with van der Waals surface area (Å²) in [6, 6.07) is 3.41. The number of likely N-dealkylation sites (N-methyl/N-ethyl adjacent to an activating group) is 1. The van der Waals surface area contributed by atoms with Crippen LogP contribution in [0.5, 0.6) is 0 Å². The Hall–Kier alpha value is -1.29. The topological polar surface area (TPSA) is 56.3 Å². The van der Waals surface area contributed by atoms with Crippen molar-refractivity contribution in [1.82, 2.24) is 9.88 Å². The first-order valence-corrected chi connectivity index (χ1v) is 3.65. The Morgan fingerprint density at radius 3 is 2.75 bits per heavy atom. The van der Waals surface area contributed by atoms with Gasteiger partial charge < -0.3 is 15.0 Å². The number of aliphatic hydroxyl groups is 1. The van der Waals surface area contributed by atoms with Crippen molar-refractivity contribution in [2.45, 2.75) is 6.10 Å². The van der Waals surface area contributed by atoms with Gasteiger partial charge in [-0.2, -0.15) is 0 Å². The zero-order valence-electron chi connectivity index (χ0n) is 7.11. The Labute approximate surface area is 70.8 Å². The van der Waals surface area contributed by atoms with Crippen molar-refractivity contribution in [2.24, 2.45) is 0 Å². The van der Waals surface area contributed by atoms with E-state index in [2.05, 4.69) is 4.98 Å². The Balaban J connectivity index is 2.72. The van der Waals surface area contributed by atoms with Crippen molar-refractivity contribution in [3.8, 4) is 0 Å². The SMILES string of the molecule is CN(C)C(=O)C(O)c1ccc[nH]1. The largest absolute Gasteiger partial charge is 0.377 e. The van der Waals surface area contributed by atoms with Crippen molar-refractivity contribution in [2.75, 3.05) is 14.1 Å². The highest BCUT2D eigenvalue weighted by Gasteiger charge is 2.19. The summed E-state index contributed by atoms with van der Waals surface area (Å²) in [5.41, 5.74) is 0.522. The zero-order valence-corrected chi connectivity index (χ0v) is 7.11. The summed E-state index contributed by atoms with van der Waals surface area (Å²) >= 11 is 0. The number of amides is 1. The molecule has 0 aromatic carbocycles. The van der Waals surface area contributed by atoms with Gasteiger partial charge in [0.05, 0.1) is 5.69 Å². The van der Waals surface area contributed by atoms with E-state index in [1.165, 1.54) is 4.90 Å². The van der Waals surface area contributed by atoms with Crippen LogP contribution in [0.3, 0.4) is 0 Å². The van der Waals surface area contributed by atoms with E-state index >= 15 is 0 Å². The number of aliphatic hydroxyl groups excluding tert-OH is 1. The Morgan fingerprint density at radius 2 is 2.33 bits per heavy atom. The standard InChI is InChI=1S/C8H12N2O2/c1-10(2)8(12)7(11)6-4-3-5-9-6/h3-5,7,9,11H,1-2H3. The molecule has 1 rings (SSSR count). The first-order valence-electron chi connectivity index (χ1n) is 3.65. The molecule has 1 atom stereocenters. The number of H-pyrrole nitrogens is 1. The number of aromatic nitrogens is 1. The van der Waals surface area contributed by atoms with Crippen LogP contribution in [0.15, 0.2) is 18.3 Å². The van der Waals surface area contributed by atoms with Crippen LogP contribution in [0.25, 0.3) is 0 Å². The highest BCUT2D eigenvalue weighted by atomic mass is 16.3. The summed E-state index contributed by atoms with van der Waals surface area (Å²) < 4.78 is 0. The second-order valence-electron chi connectivity index (χ2n) is 2.76. The van der Waals surface area contributed by atoms with Crippen LogP contribution < -0.4 is 0 Å². The second kappa shape index (κ2) is 3.40. The molecule has 1 unspecified atom stereocenters. The van der Waals surface area contributed by atoms with Gasteiger partial charge in [0.1, 0.15) is 0 Å². The lowest BCUT2D eigenvalue weighted by molar-refractivity contribution is -0.138. The van der Waals surface area contributed by atoms with Crippen molar-refractivity contribution < 1.29 is 9.90 Å². The third-order valence-corrected chi connectivity index (χ3v) is 1.59. The highest BCUT2D eigenvalue weighted by molar-refractivity contribution is 5.81. The maximum atomic E-state index is 11.2. The fraction of sp³-hybridized carbons (Fsp3) is 0.375. The van der Waals surface area contributed by atoms with Gasteiger partial charge in [0, 0.05) is 20.3 Å². The molecule has 2 N–H and O–H groups in total. The number of hydrogen-bond donors (Lipinski definition) is 2. The number of aromatic amines is 1. The Kier molecular flexibility index (Phi) is 2.50. The van der Waals surface area contributed by atoms with Gasteiger partial charge in [0.2, 0.25) is 0 Å². The van der Waals surface area contributed by atoms with E-state index in [4.69, 9.17) is 0 Å². The molecule has 0 fully saturated rings. The maximum Gasteiger partial charge on any atom is 0.257 e. The number of nitrogens with one attached hydrogen (secondary N) is 1. The van der Waals surface area contributed by atoms with E-state index in [0.717, 1.165) is 0 Å². The van der Waals surface area contributed by atoms with E-state index in [-0.39, 0.29) is 5.91 Å². The van der Waals surface area contributed by atoms with Gasteiger partial charge in [0.25, 0.3) is 5.91 Å². The summed E-state index contributed by atoms with van der Waals surface area (Å²) in [4.78, 5) is 15.3. The van der Waals surface area contributed by atoms with Gasteiger partial charge in [-0.15, -0.1) is 0 Å². The molecular formula is C8H12N2O2. The summed E-state index contributed by atoms with van der Waals surface area (Å²) in [5, 5.41) is 9.43. The van der Waals surface area contributed by atoms with E-state index in [9.17, 15) is 9.90 Å². The van der Waals surface area contributed by atoms with Crippen LogP contribution in [-0.2, 0) is 4.79 Å². The van der Waals surface area contributed by atoms with Crippen LogP contribution in [0.1, 0.15) is 11.8 Å². The molecule has 4 heteroatoms. The molecule has 1 aromatic heterocycles. The summed E-state index contributed by atoms with van der Waals surface area (Å²) in [6.45, 7) is 0. The highest BCUT2D eigenvalue weighted by Crippen LogP contribution is 2.11. The fourth-order valence-corrected chi connectivity index (χ4v) is 0.892. The molecule has 0 aliphatic carbocycles. The monoisotopic (exact) mass is 168 g/mol. The van der Waals surface area contributed by atoms with Crippen molar-refractivity contribution in [3.05, 3.63) is 24.0 Å². The lowest BCUT2D eigenvalue weighted by Crippen LogP contribution is -2.28. The van der Waals surface area contributed by atoms with Gasteiger partial charge in [-0.3, -0.25) is 4.79 Å². The van der Waals surface area contributed by atoms with Gasteiger partial charge in [0.15, 0.2) is 6.10 Å². The van der Waals surface area contributed by atoms with Crippen LogP contribution in [0.2, 0.25) is 0 Å². The van der Waals surface area contributed by atoms with Gasteiger partial charge in [-0.25, -0.2) is 0 Å². The van der Waals surface area contributed by atoms with Crippen LogP contribution in [0.4, 0.5) is 0 Å². The first-order chi connectivity index (χ1) is 5.63. The minimum atomic E-state index is -1.07. The van der Waals surface area contributed by atoms with Crippen molar-refractivity contribution >= 4 is 5.91 Å².